The molecule has 1 atom stereocenters. The number of rotatable bonds is 4. The quantitative estimate of drug-likeness (QED) is 0.851. The lowest BCUT2D eigenvalue weighted by Crippen LogP contribution is -2.35. The first kappa shape index (κ1) is 12.8. The molecular weight excluding hydrogens is 236 g/mol. The second-order valence-electron chi connectivity index (χ2n) is 4.31. The molecule has 0 aliphatic carbocycles. The summed E-state index contributed by atoms with van der Waals surface area (Å²) in [7, 11) is 0. The number of likely N-dealkylation sites (tertiary alicyclic amines) is 1. The summed E-state index contributed by atoms with van der Waals surface area (Å²) < 4.78 is 9.59. The Morgan fingerprint density at radius 2 is 2.44 bits per heavy atom. The van der Waals surface area contributed by atoms with Crippen molar-refractivity contribution in [1.82, 2.24) is 20.5 Å². The van der Waals surface area contributed by atoms with E-state index in [0.717, 1.165) is 24.4 Å². The Hall–Kier alpha value is -1.63. The zero-order chi connectivity index (χ0) is 13.0. The first-order valence-electron chi connectivity index (χ1n) is 6.13. The Kier molecular flexibility index (Phi) is 4.14. The monoisotopic (exact) mass is 254 g/mol. The van der Waals surface area contributed by atoms with Crippen LogP contribution in [0, 0.1) is 6.92 Å². The van der Waals surface area contributed by atoms with Gasteiger partial charge in [-0.15, -0.1) is 0 Å². The third kappa shape index (κ3) is 2.98. The zero-order valence-electron chi connectivity index (χ0n) is 10.7. The summed E-state index contributed by atoms with van der Waals surface area (Å²) in [5.41, 5.74) is 1.60. The van der Waals surface area contributed by atoms with E-state index in [1.807, 2.05) is 13.8 Å². The summed E-state index contributed by atoms with van der Waals surface area (Å²) >= 11 is 0. The molecule has 1 saturated heterocycles. The standard InChI is InChI=1S/C11H18N4O3/c1-3-17-11(16)15-5-4-9(7-15)12-6-10-8(2)13-18-14-10/h9,12H,3-7H2,1-2H3. The van der Waals surface area contributed by atoms with Gasteiger partial charge in [-0.1, -0.05) is 10.3 Å². The molecule has 1 unspecified atom stereocenters. The van der Waals surface area contributed by atoms with Gasteiger partial charge in [0.25, 0.3) is 0 Å². The Labute approximate surface area is 105 Å². The largest absolute Gasteiger partial charge is 0.450 e. The van der Waals surface area contributed by atoms with Crippen molar-refractivity contribution in [3.05, 3.63) is 11.4 Å². The van der Waals surface area contributed by atoms with Crippen LogP contribution in [0.3, 0.4) is 0 Å². The minimum atomic E-state index is -0.235. The van der Waals surface area contributed by atoms with Crippen molar-refractivity contribution in [2.75, 3.05) is 19.7 Å². The van der Waals surface area contributed by atoms with Crippen molar-refractivity contribution in [3.63, 3.8) is 0 Å². The lowest BCUT2D eigenvalue weighted by atomic mass is 10.2. The van der Waals surface area contributed by atoms with Crippen LogP contribution < -0.4 is 5.32 Å². The van der Waals surface area contributed by atoms with Gasteiger partial charge in [-0.05, 0) is 20.3 Å². The second kappa shape index (κ2) is 5.81. The van der Waals surface area contributed by atoms with E-state index in [4.69, 9.17) is 4.74 Å². The second-order valence-corrected chi connectivity index (χ2v) is 4.31. The summed E-state index contributed by atoms with van der Waals surface area (Å²) in [5, 5.41) is 10.9. The molecule has 1 fully saturated rings. The van der Waals surface area contributed by atoms with Gasteiger partial charge < -0.3 is 15.0 Å². The van der Waals surface area contributed by atoms with Crippen molar-refractivity contribution in [3.8, 4) is 0 Å². The zero-order valence-corrected chi connectivity index (χ0v) is 10.7. The minimum absolute atomic E-state index is 0.235. The predicted octanol–water partition coefficient (Wildman–Crippen LogP) is 0.698. The van der Waals surface area contributed by atoms with Gasteiger partial charge >= 0.3 is 6.09 Å². The molecule has 2 rings (SSSR count). The first-order chi connectivity index (χ1) is 8.70. The number of ether oxygens (including phenoxy) is 1. The molecule has 0 bridgehead atoms. The molecule has 1 aromatic heterocycles. The summed E-state index contributed by atoms with van der Waals surface area (Å²) in [6.45, 7) is 6.08. The van der Waals surface area contributed by atoms with Crippen LogP contribution in [0.15, 0.2) is 4.63 Å². The number of aryl methyl sites for hydroxylation is 1. The molecule has 1 aliphatic rings. The van der Waals surface area contributed by atoms with Crippen LogP contribution in [0.2, 0.25) is 0 Å². The molecule has 1 amide bonds. The van der Waals surface area contributed by atoms with E-state index in [2.05, 4.69) is 20.3 Å². The highest BCUT2D eigenvalue weighted by Crippen LogP contribution is 2.11. The highest BCUT2D eigenvalue weighted by atomic mass is 16.6. The van der Waals surface area contributed by atoms with E-state index < -0.39 is 0 Å². The minimum Gasteiger partial charge on any atom is -0.450 e. The summed E-state index contributed by atoms with van der Waals surface area (Å²) in [5.74, 6) is 0. The Balaban J connectivity index is 1.76. The fourth-order valence-corrected chi connectivity index (χ4v) is 1.96. The third-order valence-corrected chi connectivity index (χ3v) is 3.02. The molecule has 2 heterocycles. The van der Waals surface area contributed by atoms with Crippen molar-refractivity contribution >= 4 is 6.09 Å². The van der Waals surface area contributed by atoms with Gasteiger partial charge in [0.05, 0.1) is 6.61 Å². The number of aromatic nitrogens is 2. The van der Waals surface area contributed by atoms with Crippen LogP contribution >= 0.6 is 0 Å². The number of nitrogens with one attached hydrogen (secondary N) is 1. The van der Waals surface area contributed by atoms with Gasteiger partial charge in [0.2, 0.25) is 0 Å². The maximum Gasteiger partial charge on any atom is 0.409 e. The molecule has 1 N–H and O–H groups in total. The summed E-state index contributed by atoms with van der Waals surface area (Å²) in [6, 6.07) is 0.269. The third-order valence-electron chi connectivity index (χ3n) is 3.02. The van der Waals surface area contributed by atoms with E-state index in [1.54, 1.807) is 4.90 Å². The molecule has 7 heteroatoms. The smallest absolute Gasteiger partial charge is 0.409 e. The van der Waals surface area contributed by atoms with Gasteiger partial charge in [-0.2, -0.15) is 0 Å². The van der Waals surface area contributed by atoms with Gasteiger partial charge in [-0.25, -0.2) is 9.42 Å². The molecule has 7 nitrogen and oxygen atoms in total. The van der Waals surface area contributed by atoms with Crippen LogP contribution in [0.25, 0.3) is 0 Å². The van der Waals surface area contributed by atoms with E-state index >= 15 is 0 Å². The molecule has 1 aliphatic heterocycles. The molecule has 0 aromatic carbocycles. The Morgan fingerprint density at radius 3 is 3.11 bits per heavy atom. The van der Waals surface area contributed by atoms with Gasteiger partial charge in [0.15, 0.2) is 0 Å². The maximum atomic E-state index is 11.5. The van der Waals surface area contributed by atoms with Crippen LogP contribution in [-0.2, 0) is 11.3 Å². The molecule has 1 aromatic rings. The lowest BCUT2D eigenvalue weighted by Gasteiger charge is -2.16. The molecule has 0 radical (unpaired) electrons. The molecule has 100 valence electrons. The number of carbonyl (C=O) groups is 1. The van der Waals surface area contributed by atoms with Crippen LogP contribution in [0.4, 0.5) is 4.79 Å². The fourth-order valence-electron chi connectivity index (χ4n) is 1.96. The van der Waals surface area contributed by atoms with Crippen molar-refractivity contribution in [2.45, 2.75) is 32.9 Å². The topological polar surface area (TPSA) is 80.5 Å². The summed E-state index contributed by atoms with van der Waals surface area (Å²) in [6.07, 6.45) is 0.685. The molecule has 18 heavy (non-hydrogen) atoms. The van der Waals surface area contributed by atoms with Gasteiger partial charge in [0, 0.05) is 25.7 Å². The van der Waals surface area contributed by atoms with Crippen molar-refractivity contribution in [1.29, 1.82) is 0 Å². The van der Waals surface area contributed by atoms with Gasteiger partial charge in [-0.3, -0.25) is 0 Å². The summed E-state index contributed by atoms with van der Waals surface area (Å²) in [4.78, 5) is 13.2. The van der Waals surface area contributed by atoms with E-state index in [0.29, 0.717) is 19.7 Å². The first-order valence-corrected chi connectivity index (χ1v) is 6.13. The van der Waals surface area contributed by atoms with Crippen molar-refractivity contribution < 1.29 is 14.2 Å². The van der Waals surface area contributed by atoms with Crippen molar-refractivity contribution in [2.24, 2.45) is 0 Å². The van der Waals surface area contributed by atoms with Crippen LogP contribution in [0.5, 0.6) is 0 Å². The Bertz CT molecular complexity index is 407. The highest BCUT2D eigenvalue weighted by Gasteiger charge is 2.26. The molecule has 0 spiro atoms. The fraction of sp³-hybridized carbons (Fsp3) is 0.727. The van der Waals surface area contributed by atoms with E-state index in [9.17, 15) is 4.79 Å². The number of hydrogen-bond acceptors (Lipinski definition) is 6. The normalized spacial score (nSPS) is 19.2. The Morgan fingerprint density at radius 1 is 1.61 bits per heavy atom. The number of nitrogens with zero attached hydrogens (tertiary/aromatic N) is 3. The van der Waals surface area contributed by atoms with E-state index in [-0.39, 0.29) is 12.1 Å². The van der Waals surface area contributed by atoms with Gasteiger partial charge in [0.1, 0.15) is 11.4 Å². The molecule has 0 saturated carbocycles. The SMILES string of the molecule is CCOC(=O)N1CCC(NCc2nonc2C)C1. The number of amides is 1. The molecular formula is C11H18N4O3. The number of hydrogen-bond donors (Lipinski definition) is 1. The predicted molar refractivity (Wildman–Crippen MR) is 62.9 cm³/mol. The highest BCUT2D eigenvalue weighted by molar-refractivity contribution is 5.68. The van der Waals surface area contributed by atoms with Crippen LogP contribution in [0.1, 0.15) is 24.7 Å². The average Bonchev–Trinajstić information content (AvgIpc) is 2.96. The van der Waals surface area contributed by atoms with Crippen LogP contribution in [-0.4, -0.2) is 47.0 Å². The van der Waals surface area contributed by atoms with E-state index in [1.165, 1.54) is 0 Å². The average molecular weight is 254 g/mol. The lowest BCUT2D eigenvalue weighted by molar-refractivity contribution is 0.115. The number of carbonyl (C=O) groups excluding carboxylic acids is 1. The maximum absolute atomic E-state index is 11.5.